The Morgan fingerprint density at radius 1 is 1.05 bits per heavy atom. The average molecular weight is 254 g/mol. The predicted octanol–water partition coefficient (Wildman–Crippen LogP) is 5.23. The van der Waals surface area contributed by atoms with Gasteiger partial charge in [-0.2, -0.15) is 0 Å². The highest BCUT2D eigenvalue weighted by atomic mass is 19.1. The summed E-state index contributed by atoms with van der Waals surface area (Å²) < 4.78 is 13.4. The van der Waals surface area contributed by atoms with E-state index >= 15 is 0 Å². The highest BCUT2D eigenvalue weighted by Crippen LogP contribution is 2.32. The number of rotatable bonds is 3. The van der Waals surface area contributed by atoms with Gasteiger partial charge in [-0.15, -0.1) is 0 Å². The van der Waals surface area contributed by atoms with Crippen molar-refractivity contribution in [2.75, 3.05) is 0 Å². The Bertz CT molecular complexity index is 582. The number of benzene rings is 2. The molecular formula is C18H19F. The van der Waals surface area contributed by atoms with Gasteiger partial charge in [-0.05, 0) is 43.5 Å². The Morgan fingerprint density at radius 3 is 2.32 bits per heavy atom. The summed E-state index contributed by atoms with van der Waals surface area (Å²) in [4.78, 5) is 0. The summed E-state index contributed by atoms with van der Waals surface area (Å²) in [7, 11) is 0. The van der Waals surface area contributed by atoms with Gasteiger partial charge >= 0.3 is 0 Å². The van der Waals surface area contributed by atoms with Gasteiger partial charge in [-0.1, -0.05) is 54.1 Å². The molecule has 1 unspecified atom stereocenters. The van der Waals surface area contributed by atoms with Crippen LogP contribution in [0.15, 0.2) is 60.2 Å². The SMILES string of the molecule is C/C=C(\C)C(c1ccccc1)c1ccc(F)c(C)c1. The molecule has 0 nitrogen and oxygen atoms in total. The molecule has 0 aliphatic heterocycles. The van der Waals surface area contributed by atoms with Crippen molar-refractivity contribution in [1.29, 1.82) is 0 Å². The lowest BCUT2D eigenvalue weighted by Gasteiger charge is -2.19. The number of hydrogen-bond donors (Lipinski definition) is 0. The van der Waals surface area contributed by atoms with Gasteiger partial charge in [0.2, 0.25) is 0 Å². The third-order valence-electron chi connectivity index (χ3n) is 3.56. The molecule has 0 aromatic heterocycles. The maximum absolute atomic E-state index is 13.4. The first kappa shape index (κ1) is 13.5. The van der Waals surface area contributed by atoms with Crippen LogP contribution in [0.2, 0.25) is 0 Å². The summed E-state index contributed by atoms with van der Waals surface area (Å²) in [6.45, 7) is 5.98. The van der Waals surface area contributed by atoms with Crippen LogP contribution < -0.4 is 0 Å². The molecule has 0 aliphatic carbocycles. The largest absolute Gasteiger partial charge is 0.207 e. The lowest BCUT2D eigenvalue weighted by molar-refractivity contribution is 0.617. The Labute approximate surface area is 114 Å². The second kappa shape index (κ2) is 5.83. The zero-order valence-corrected chi connectivity index (χ0v) is 11.7. The summed E-state index contributed by atoms with van der Waals surface area (Å²) in [6.07, 6.45) is 2.12. The third-order valence-corrected chi connectivity index (χ3v) is 3.56. The van der Waals surface area contributed by atoms with Crippen molar-refractivity contribution in [3.05, 3.63) is 82.7 Å². The van der Waals surface area contributed by atoms with Crippen LogP contribution in [0.1, 0.15) is 36.5 Å². The smallest absolute Gasteiger partial charge is 0.126 e. The first-order valence-electron chi connectivity index (χ1n) is 6.57. The van der Waals surface area contributed by atoms with Crippen LogP contribution >= 0.6 is 0 Å². The molecule has 0 fully saturated rings. The zero-order chi connectivity index (χ0) is 13.8. The lowest BCUT2D eigenvalue weighted by Crippen LogP contribution is -2.03. The van der Waals surface area contributed by atoms with Crippen molar-refractivity contribution in [3.8, 4) is 0 Å². The minimum atomic E-state index is -0.145. The Balaban J connectivity index is 2.52. The third kappa shape index (κ3) is 2.93. The summed E-state index contributed by atoms with van der Waals surface area (Å²) in [5, 5.41) is 0. The number of halogens is 1. The number of hydrogen-bond acceptors (Lipinski definition) is 0. The van der Waals surface area contributed by atoms with Gasteiger partial charge in [0, 0.05) is 5.92 Å². The molecule has 0 aliphatic rings. The quantitative estimate of drug-likeness (QED) is 0.658. The van der Waals surface area contributed by atoms with E-state index in [9.17, 15) is 4.39 Å². The predicted molar refractivity (Wildman–Crippen MR) is 78.9 cm³/mol. The molecule has 0 spiro atoms. The van der Waals surface area contributed by atoms with E-state index in [1.165, 1.54) is 11.1 Å². The van der Waals surface area contributed by atoms with E-state index in [-0.39, 0.29) is 11.7 Å². The Morgan fingerprint density at radius 2 is 1.74 bits per heavy atom. The second-order valence-electron chi connectivity index (χ2n) is 4.89. The average Bonchev–Trinajstić information content (AvgIpc) is 2.44. The molecule has 19 heavy (non-hydrogen) atoms. The first-order chi connectivity index (χ1) is 9.13. The first-order valence-corrected chi connectivity index (χ1v) is 6.57. The molecule has 0 bridgehead atoms. The van der Waals surface area contributed by atoms with Crippen molar-refractivity contribution in [2.24, 2.45) is 0 Å². The van der Waals surface area contributed by atoms with Gasteiger partial charge in [-0.25, -0.2) is 4.39 Å². The van der Waals surface area contributed by atoms with Crippen molar-refractivity contribution < 1.29 is 4.39 Å². The second-order valence-corrected chi connectivity index (χ2v) is 4.89. The fourth-order valence-electron chi connectivity index (χ4n) is 2.38. The van der Waals surface area contributed by atoms with Crippen LogP contribution in [0, 0.1) is 12.7 Å². The molecule has 0 radical (unpaired) electrons. The van der Waals surface area contributed by atoms with E-state index in [1.54, 1.807) is 6.07 Å². The van der Waals surface area contributed by atoms with Crippen LogP contribution in [-0.2, 0) is 0 Å². The minimum Gasteiger partial charge on any atom is -0.207 e. The van der Waals surface area contributed by atoms with Gasteiger partial charge < -0.3 is 0 Å². The molecule has 98 valence electrons. The van der Waals surface area contributed by atoms with E-state index in [0.717, 1.165) is 5.56 Å². The molecule has 2 aromatic carbocycles. The summed E-state index contributed by atoms with van der Waals surface area (Å²) in [5.74, 6) is 0.0548. The monoisotopic (exact) mass is 254 g/mol. The molecule has 1 heteroatoms. The number of allylic oxidation sites excluding steroid dienone is 2. The topological polar surface area (TPSA) is 0 Å². The van der Waals surface area contributed by atoms with Gasteiger partial charge in [0.1, 0.15) is 5.82 Å². The summed E-state index contributed by atoms with van der Waals surface area (Å²) >= 11 is 0. The fraction of sp³-hybridized carbons (Fsp3) is 0.222. The van der Waals surface area contributed by atoms with Crippen molar-refractivity contribution in [3.63, 3.8) is 0 Å². The van der Waals surface area contributed by atoms with E-state index in [2.05, 4.69) is 25.1 Å². The lowest BCUT2D eigenvalue weighted by atomic mass is 9.85. The molecule has 2 rings (SSSR count). The van der Waals surface area contributed by atoms with Crippen LogP contribution in [0.3, 0.4) is 0 Å². The van der Waals surface area contributed by atoms with E-state index < -0.39 is 0 Å². The van der Waals surface area contributed by atoms with Crippen molar-refractivity contribution in [1.82, 2.24) is 0 Å². The Kier molecular flexibility index (Phi) is 4.16. The normalized spacial score (nSPS) is 13.4. The van der Waals surface area contributed by atoms with Crippen molar-refractivity contribution >= 4 is 0 Å². The highest BCUT2D eigenvalue weighted by molar-refractivity contribution is 5.41. The van der Waals surface area contributed by atoms with E-state index in [1.807, 2.05) is 44.2 Å². The molecule has 0 N–H and O–H groups in total. The highest BCUT2D eigenvalue weighted by Gasteiger charge is 2.16. The molecule has 2 aromatic rings. The van der Waals surface area contributed by atoms with Gasteiger partial charge in [0.05, 0.1) is 0 Å². The van der Waals surface area contributed by atoms with Crippen LogP contribution in [0.5, 0.6) is 0 Å². The molecule has 0 amide bonds. The van der Waals surface area contributed by atoms with Crippen LogP contribution in [0.25, 0.3) is 0 Å². The molecule has 0 heterocycles. The summed E-state index contributed by atoms with van der Waals surface area (Å²) in [6, 6.07) is 15.7. The molecule has 0 saturated carbocycles. The summed E-state index contributed by atoms with van der Waals surface area (Å²) in [5.41, 5.74) is 4.35. The maximum Gasteiger partial charge on any atom is 0.126 e. The zero-order valence-electron chi connectivity index (χ0n) is 11.7. The fourth-order valence-corrected chi connectivity index (χ4v) is 2.38. The molecular weight excluding hydrogens is 235 g/mol. The van der Waals surface area contributed by atoms with Crippen LogP contribution in [-0.4, -0.2) is 0 Å². The van der Waals surface area contributed by atoms with Gasteiger partial charge in [0.25, 0.3) is 0 Å². The van der Waals surface area contributed by atoms with Crippen LogP contribution in [0.4, 0.5) is 4.39 Å². The van der Waals surface area contributed by atoms with Gasteiger partial charge in [-0.3, -0.25) is 0 Å². The minimum absolute atomic E-state index is 0.145. The molecule has 1 atom stereocenters. The van der Waals surface area contributed by atoms with Gasteiger partial charge in [0.15, 0.2) is 0 Å². The van der Waals surface area contributed by atoms with E-state index in [4.69, 9.17) is 0 Å². The standard InChI is InChI=1S/C18H19F/c1-4-13(2)18(15-8-6-5-7-9-15)16-10-11-17(19)14(3)12-16/h4-12,18H,1-3H3/b13-4+. The van der Waals surface area contributed by atoms with E-state index in [0.29, 0.717) is 5.56 Å². The Hall–Kier alpha value is -1.89. The maximum atomic E-state index is 13.4. The molecule has 0 saturated heterocycles. The van der Waals surface area contributed by atoms with Crippen molar-refractivity contribution in [2.45, 2.75) is 26.7 Å². The number of aryl methyl sites for hydroxylation is 1.